The molecule has 0 aliphatic heterocycles. The summed E-state index contributed by atoms with van der Waals surface area (Å²) in [6.45, 7) is 3.69. The summed E-state index contributed by atoms with van der Waals surface area (Å²) in [6, 6.07) is 0. The molecule has 0 saturated carbocycles. The summed E-state index contributed by atoms with van der Waals surface area (Å²) < 4.78 is 4.85. The maximum Gasteiger partial charge on any atom is 0.171 e. The zero-order valence-corrected chi connectivity index (χ0v) is 8.61. The highest BCUT2D eigenvalue weighted by atomic mass is 127. The van der Waals surface area contributed by atoms with Crippen LogP contribution in [0.4, 0.5) is 0 Å². The molecule has 1 N–H and O–H groups in total. The average molecular weight is 268 g/mol. The molecule has 0 saturated heterocycles. The summed E-state index contributed by atoms with van der Waals surface area (Å²) in [4.78, 5) is 10.5. The van der Waals surface area contributed by atoms with Crippen molar-refractivity contribution < 1.29 is 13.0 Å². The van der Waals surface area contributed by atoms with E-state index in [1.165, 1.54) is 0 Å². The lowest BCUT2D eigenvalue weighted by molar-refractivity contribution is -0.123. The van der Waals surface area contributed by atoms with E-state index in [1.807, 2.05) is 13.8 Å². The highest BCUT2D eigenvalue weighted by Gasteiger charge is 2.25. The van der Waals surface area contributed by atoms with Gasteiger partial charge in [0.05, 0.1) is 0 Å². The van der Waals surface area contributed by atoms with Crippen molar-refractivity contribution in [2.24, 2.45) is 5.92 Å². The van der Waals surface area contributed by atoms with Crippen LogP contribution in [-0.2, 0) is 7.86 Å². The maximum absolute atomic E-state index is 10.5. The van der Waals surface area contributed by atoms with E-state index >= 15 is 0 Å². The lowest BCUT2D eigenvalue weighted by Gasteiger charge is -2.21. The Morgan fingerprint density at radius 3 is 2.18 bits per heavy atom. The molecule has 0 rings (SSSR count). The van der Waals surface area contributed by atoms with E-state index in [0.717, 1.165) is 0 Å². The molecule has 0 bridgehead atoms. The minimum Gasteiger partial charge on any atom is -0.384 e. The first-order chi connectivity index (χ1) is 5.00. The normalized spacial score (nSPS) is 16.5. The van der Waals surface area contributed by atoms with Crippen molar-refractivity contribution in [2.45, 2.75) is 26.1 Å². The predicted octanol–water partition coefficient (Wildman–Crippen LogP) is 0.434. The van der Waals surface area contributed by atoms with E-state index < -0.39 is 17.9 Å². The van der Waals surface area contributed by atoms with Gasteiger partial charge in [0, 0.05) is 0 Å². The van der Waals surface area contributed by atoms with Crippen molar-refractivity contribution in [1.29, 1.82) is 0 Å². The van der Waals surface area contributed by atoms with Crippen LogP contribution in [0.5, 0.6) is 0 Å². The van der Waals surface area contributed by atoms with Gasteiger partial charge in [-0.1, -0.05) is 13.8 Å². The molecule has 0 amide bonds. The second-order valence-corrected chi connectivity index (χ2v) is 3.15. The molecular formula is C6H10BIO3. The van der Waals surface area contributed by atoms with Crippen molar-refractivity contribution in [1.82, 2.24) is 0 Å². The van der Waals surface area contributed by atoms with Crippen molar-refractivity contribution in [3.8, 4) is 0 Å². The molecule has 0 fully saturated rings. The van der Waals surface area contributed by atoms with Gasteiger partial charge in [-0.2, -0.15) is 0 Å². The Kier molecular flexibility index (Phi) is 5.28. The van der Waals surface area contributed by atoms with Crippen LogP contribution in [0.1, 0.15) is 13.8 Å². The third kappa shape index (κ3) is 3.53. The second-order valence-electron chi connectivity index (χ2n) is 2.64. The largest absolute Gasteiger partial charge is 0.384 e. The van der Waals surface area contributed by atoms with Gasteiger partial charge < -0.3 is 13.0 Å². The quantitative estimate of drug-likeness (QED) is 0.594. The van der Waals surface area contributed by atoms with Crippen molar-refractivity contribution >= 4 is 36.5 Å². The number of carbonyl (C=O) groups is 1. The molecule has 0 aromatic heterocycles. The second kappa shape index (κ2) is 5.11. The Morgan fingerprint density at radius 1 is 1.64 bits per heavy atom. The van der Waals surface area contributed by atoms with Crippen LogP contribution >= 0.6 is 23.0 Å². The fourth-order valence-electron chi connectivity index (χ4n) is 0.678. The van der Waals surface area contributed by atoms with Crippen molar-refractivity contribution in [2.75, 3.05) is 0 Å². The Balaban J connectivity index is 4.13. The molecule has 0 heterocycles. The number of aliphatic hydroxyl groups is 1. The van der Waals surface area contributed by atoms with Gasteiger partial charge in [0.15, 0.2) is 7.85 Å². The average Bonchev–Trinajstić information content (AvgIpc) is 1.88. The molecule has 0 aliphatic rings. The molecule has 5 heteroatoms. The summed E-state index contributed by atoms with van der Waals surface area (Å²) in [6.07, 6.45) is -1.74. The fourth-order valence-corrected chi connectivity index (χ4v) is 1.54. The third-order valence-corrected chi connectivity index (χ3v) is 1.95. The maximum atomic E-state index is 10.5. The Bertz CT molecular complexity index is 140. The topological polar surface area (TPSA) is 46.5 Å². The zero-order chi connectivity index (χ0) is 9.02. The van der Waals surface area contributed by atoms with E-state index in [9.17, 15) is 4.79 Å². The molecule has 1 unspecified atom stereocenters. The van der Waals surface area contributed by atoms with Crippen molar-refractivity contribution in [3.63, 3.8) is 0 Å². The summed E-state index contributed by atoms with van der Waals surface area (Å²) >= 11 is 1.65. The van der Waals surface area contributed by atoms with Crippen molar-refractivity contribution in [3.05, 3.63) is 0 Å². The van der Waals surface area contributed by atoms with Crippen LogP contribution in [0.25, 0.3) is 0 Å². The SMILES string of the molecule is [B]C(=O)C(O)[C@@H](OI)C(C)C. The predicted molar refractivity (Wildman–Crippen MR) is 50.5 cm³/mol. The highest BCUT2D eigenvalue weighted by Crippen LogP contribution is 2.14. The molecule has 62 valence electrons. The molecule has 0 aliphatic carbocycles. The number of carbonyl (C=O) groups excluding carboxylic acids is 1. The van der Waals surface area contributed by atoms with Gasteiger partial charge in [0.2, 0.25) is 0 Å². The minimum atomic E-state index is -1.22. The number of hydrogen-bond acceptors (Lipinski definition) is 3. The van der Waals surface area contributed by atoms with Crippen LogP contribution < -0.4 is 0 Å². The van der Waals surface area contributed by atoms with Crippen LogP contribution in [0.15, 0.2) is 0 Å². The first-order valence-electron chi connectivity index (χ1n) is 3.25. The van der Waals surface area contributed by atoms with E-state index in [0.29, 0.717) is 0 Å². The van der Waals surface area contributed by atoms with Gasteiger partial charge in [-0.05, 0) is 5.92 Å². The third-order valence-electron chi connectivity index (χ3n) is 1.36. The molecular weight excluding hydrogens is 258 g/mol. The summed E-state index contributed by atoms with van der Waals surface area (Å²) in [5.74, 6) is 0.0643. The van der Waals surface area contributed by atoms with Gasteiger partial charge in [0.1, 0.15) is 40.9 Å². The monoisotopic (exact) mass is 268 g/mol. The smallest absolute Gasteiger partial charge is 0.171 e. The van der Waals surface area contributed by atoms with Gasteiger partial charge in [0.25, 0.3) is 0 Å². The van der Waals surface area contributed by atoms with Gasteiger partial charge in [-0.15, -0.1) is 0 Å². The summed E-state index contributed by atoms with van der Waals surface area (Å²) in [5, 5.41) is 9.15. The van der Waals surface area contributed by atoms with Crippen LogP contribution in [0, 0.1) is 5.92 Å². The number of hydrogen-bond donors (Lipinski definition) is 1. The number of halogens is 1. The Morgan fingerprint density at radius 2 is 2.09 bits per heavy atom. The van der Waals surface area contributed by atoms with E-state index in [-0.39, 0.29) is 5.92 Å². The summed E-state index contributed by atoms with van der Waals surface area (Å²) in [5.41, 5.74) is -0.750. The summed E-state index contributed by atoms with van der Waals surface area (Å²) in [7, 11) is 4.88. The molecule has 0 aromatic rings. The van der Waals surface area contributed by atoms with Crippen LogP contribution in [-0.4, -0.2) is 30.8 Å². The van der Waals surface area contributed by atoms with Gasteiger partial charge in [-0.3, -0.25) is 0 Å². The molecule has 2 radical (unpaired) electrons. The van der Waals surface area contributed by atoms with E-state index in [2.05, 4.69) is 0 Å². The number of rotatable bonds is 4. The standard InChI is InChI=1S/C6H10BIO3/c1-3(2)5(11-8)4(9)6(7)10/h3-5,9H,1-2H3/t4?,5-/m0/s1. The van der Waals surface area contributed by atoms with E-state index in [4.69, 9.17) is 16.0 Å². The van der Waals surface area contributed by atoms with Crippen LogP contribution in [0.2, 0.25) is 0 Å². The first-order valence-corrected chi connectivity index (χ1v) is 4.13. The molecule has 0 spiro atoms. The minimum absolute atomic E-state index is 0.0643. The highest BCUT2D eigenvalue weighted by molar-refractivity contribution is 14.1. The Labute approximate surface area is 81.6 Å². The zero-order valence-electron chi connectivity index (χ0n) is 6.45. The van der Waals surface area contributed by atoms with Crippen LogP contribution in [0.3, 0.4) is 0 Å². The number of aliphatic hydroxyl groups excluding tert-OH is 1. The molecule has 0 aromatic carbocycles. The molecule has 11 heavy (non-hydrogen) atoms. The molecule has 2 atom stereocenters. The Hall–Kier alpha value is 0.385. The fraction of sp³-hybridized carbons (Fsp3) is 0.833. The lowest BCUT2D eigenvalue weighted by Crippen LogP contribution is -2.37. The van der Waals surface area contributed by atoms with E-state index in [1.54, 1.807) is 23.0 Å². The first kappa shape index (κ1) is 11.4. The van der Waals surface area contributed by atoms with Gasteiger partial charge >= 0.3 is 0 Å². The molecule has 3 nitrogen and oxygen atoms in total. The lowest BCUT2D eigenvalue weighted by atomic mass is 9.89. The van der Waals surface area contributed by atoms with Gasteiger partial charge in [-0.25, -0.2) is 0 Å².